The molecule has 0 heterocycles. The zero-order valence-corrected chi connectivity index (χ0v) is 12.1. The summed E-state index contributed by atoms with van der Waals surface area (Å²) in [5.41, 5.74) is 0. The molecule has 0 fully saturated rings. The molecule has 0 saturated carbocycles. The van der Waals surface area contributed by atoms with Gasteiger partial charge in [-0.05, 0) is 19.0 Å². The summed E-state index contributed by atoms with van der Waals surface area (Å²) >= 11 is 0. The predicted octanol–water partition coefficient (Wildman–Crippen LogP) is 5.42. The van der Waals surface area contributed by atoms with Crippen LogP contribution in [0.2, 0.25) is 0 Å². The van der Waals surface area contributed by atoms with Crippen molar-refractivity contribution in [3.8, 4) is 0 Å². The van der Waals surface area contributed by atoms with Crippen molar-refractivity contribution in [1.29, 1.82) is 0 Å². The lowest BCUT2D eigenvalue weighted by Crippen LogP contribution is -1.90. The molecule has 0 rings (SSSR count). The molecule has 0 aromatic carbocycles. The third kappa shape index (κ3) is 15.5. The van der Waals surface area contributed by atoms with Crippen LogP contribution in [0.3, 0.4) is 0 Å². The lowest BCUT2D eigenvalue weighted by Gasteiger charge is -2.01. The summed E-state index contributed by atoms with van der Waals surface area (Å²) in [6.45, 7) is 2.28. The summed E-state index contributed by atoms with van der Waals surface area (Å²) in [5.74, 6) is 0. The van der Waals surface area contributed by atoms with Crippen molar-refractivity contribution >= 4 is 0 Å². The van der Waals surface area contributed by atoms with Crippen LogP contribution in [-0.2, 0) is 0 Å². The molecule has 0 aromatic heterocycles. The normalized spacial score (nSPS) is 11.2. The molecule has 102 valence electrons. The maximum absolute atomic E-state index is 3.03. The van der Waals surface area contributed by atoms with Crippen LogP contribution in [0.15, 0.2) is 12.3 Å². The van der Waals surface area contributed by atoms with Crippen LogP contribution in [0.25, 0.3) is 0 Å². The van der Waals surface area contributed by atoms with Crippen molar-refractivity contribution in [2.45, 2.75) is 84.0 Å². The standard InChI is InChI=1S/C16H33N/c1-3-4-5-6-7-8-9-10-11-12-13-14-15-16-17-2/h15-17H,3-14H2,1-2H3/b16-15+. The average Bonchev–Trinajstić information content (AvgIpc) is 2.35. The summed E-state index contributed by atoms with van der Waals surface area (Å²) < 4.78 is 0. The molecule has 0 aliphatic carbocycles. The van der Waals surface area contributed by atoms with E-state index in [1.54, 1.807) is 0 Å². The number of rotatable bonds is 13. The quantitative estimate of drug-likeness (QED) is 0.423. The van der Waals surface area contributed by atoms with Gasteiger partial charge in [0, 0.05) is 7.05 Å². The molecule has 0 aliphatic heterocycles. The molecule has 0 aliphatic rings. The van der Waals surface area contributed by atoms with Gasteiger partial charge >= 0.3 is 0 Å². The molecule has 0 radical (unpaired) electrons. The SMILES string of the molecule is CCCCCCCCCCCCC/C=C/NC. The van der Waals surface area contributed by atoms with Crippen LogP contribution in [0.4, 0.5) is 0 Å². The first kappa shape index (κ1) is 16.5. The summed E-state index contributed by atoms with van der Waals surface area (Å²) in [6, 6.07) is 0. The van der Waals surface area contributed by atoms with Crippen molar-refractivity contribution in [3.05, 3.63) is 12.3 Å². The molecular weight excluding hydrogens is 206 g/mol. The van der Waals surface area contributed by atoms with Crippen molar-refractivity contribution in [2.24, 2.45) is 0 Å². The summed E-state index contributed by atoms with van der Waals surface area (Å²) in [4.78, 5) is 0. The maximum atomic E-state index is 3.03. The van der Waals surface area contributed by atoms with Gasteiger partial charge in [-0.25, -0.2) is 0 Å². The van der Waals surface area contributed by atoms with Crippen LogP contribution in [0.1, 0.15) is 84.0 Å². The Kier molecular flexibility index (Phi) is 15.1. The van der Waals surface area contributed by atoms with Gasteiger partial charge in [-0.1, -0.05) is 77.2 Å². The Bertz CT molecular complexity index is 152. The highest BCUT2D eigenvalue weighted by Crippen LogP contribution is 2.11. The zero-order chi connectivity index (χ0) is 12.6. The van der Waals surface area contributed by atoms with E-state index in [9.17, 15) is 0 Å². The smallest absolute Gasteiger partial charge is 0.00276 e. The molecule has 0 amide bonds. The van der Waals surface area contributed by atoms with Gasteiger partial charge in [-0.3, -0.25) is 0 Å². The van der Waals surface area contributed by atoms with Gasteiger partial charge in [0.1, 0.15) is 0 Å². The molecule has 0 unspecified atom stereocenters. The van der Waals surface area contributed by atoms with E-state index >= 15 is 0 Å². The first-order chi connectivity index (χ1) is 8.41. The van der Waals surface area contributed by atoms with E-state index in [1.807, 2.05) is 13.2 Å². The molecule has 1 N–H and O–H groups in total. The Balaban J connectivity index is 2.91. The largest absolute Gasteiger partial charge is 0.394 e. The third-order valence-corrected chi connectivity index (χ3v) is 3.26. The average molecular weight is 239 g/mol. The fourth-order valence-corrected chi connectivity index (χ4v) is 2.13. The van der Waals surface area contributed by atoms with Gasteiger partial charge in [-0.15, -0.1) is 0 Å². The third-order valence-electron chi connectivity index (χ3n) is 3.26. The highest BCUT2D eigenvalue weighted by molar-refractivity contribution is 4.77. The highest BCUT2D eigenvalue weighted by Gasteiger charge is 1.92. The minimum absolute atomic E-state index is 1.23. The van der Waals surface area contributed by atoms with E-state index in [1.165, 1.54) is 77.0 Å². The Morgan fingerprint density at radius 3 is 1.65 bits per heavy atom. The molecule has 0 spiro atoms. The Morgan fingerprint density at radius 2 is 1.18 bits per heavy atom. The number of nitrogens with one attached hydrogen (secondary N) is 1. The lowest BCUT2D eigenvalue weighted by atomic mass is 10.1. The van der Waals surface area contributed by atoms with Crippen molar-refractivity contribution in [3.63, 3.8) is 0 Å². The van der Waals surface area contributed by atoms with Crippen LogP contribution in [0.5, 0.6) is 0 Å². The van der Waals surface area contributed by atoms with Crippen LogP contribution >= 0.6 is 0 Å². The highest BCUT2D eigenvalue weighted by atomic mass is 14.8. The molecule has 1 heteroatoms. The minimum Gasteiger partial charge on any atom is -0.394 e. The Hall–Kier alpha value is -0.460. The summed E-state index contributed by atoms with van der Waals surface area (Å²) in [5, 5.41) is 3.03. The number of hydrogen-bond donors (Lipinski definition) is 1. The molecule has 0 saturated heterocycles. The second kappa shape index (κ2) is 15.5. The number of allylic oxidation sites excluding steroid dienone is 1. The van der Waals surface area contributed by atoms with Crippen molar-refractivity contribution < 1.29 is 0 Å². The molecule has 1 nitrogen and oxygen atoms in total. The second-order valence-corrected chi connectivity index (χ2v) is 5.02. The van der Waals surface area contributed by atoms with Crippen LogP contribution in [0, 0.1) is 0 Å². The van der Waals surface area contributed by atoms with Crippen LogP contribution < -0.4 is 5.32 Å². The fourth-order valence-electron chi connectivity index (χ4n) is 2.13. The van der Waals surface area contributed by atoms with Crippen LogP contribution in [-0.4, -0.2) is 7.05 Å². The molecular formula is C16H33N. The number of unbranched alkanes of at least 4 members (excludes halogenated alkanes) is 11. The van der Waals surface area contributed by atoms with Gasteiger partial charge in [-0.2, -0.15) is 0 Å². The fraction of sp³-hybridized carbons (Fsp3) is 0.875. The van der Waals surface area contributed by atoms with Crippen molar-refractivity contribution in [2.75, 3.05) is 7.05 Å². The van der Waals surface area contributed by atoms with E-state index in [-0.39, 0.29) is 0 Å². The summed E-state index contributed by atoms with van der Waals surface area (Å²) in [7, 11) is 1.96. The molecule has 0 bridgehead atoms. The topological polar surface area (TPSA) is 12.0 Å². The van der Waals surface area contributed by atoms with Gasteiger partial charge in [0.05, 0.1) is 0 Å². The lowest BCUT2D eigenvalue weighted by molar-refractivity contribution is 0.550. The van der Waals surface area contributed by atoms with E-state index in [2.05, 4.69) is 18.3 Å². The maximum Gasteiger partial charge on any atom is 0.00276 e. The minimum atomic E-state index is 1.23. The van der Waals surface area contributed by atoms with E-state index < -0.39 is 0 Å². The molecule has 17 heavy (non-hydrogen) atoms. The Labute approximate surface area is 109 Å². The van der Waals surface area contributed by atoms with Gasteiger partial charge in [0.2, 0.25) is 0 Å². The van der Waals surface area contributed by atoms with Gasteiger partial charge in [0.25, 0.3) is 0 Å². The molecule has 0 aromatic rings. The van der Waals surface area contributed by atoms with Crippen molar-refractivity contribution in [1.82, 2.24) is 5.32 Å². The van der Waals surface area contributed by atoms with E-state index in [4.69, 9.17) is 0 Å². The molecule has 0 atom stereocenters. The van der Waals surface area contributed by atoms with Gasteiger partial charge in [0.15, 0.2) is 0 Å². The first-order valence-electron chi connectivity index (χ1n) is 7.74. The second-order valence-electron chi connectivity index (χ2n) is 5.02. The summed E-state index contributed by atoms with van der Waals surface area (Å²) in [6.07, 6.45) is 21.2. The predicted molar refractivity (Wildman–Crippen MR) is 79.3 cm³/mol. The Morgan fingerprint density at radius 1 is 0.706 bits per heavy atom. The first-order valence-corrected chi connectivity index (χ1v) is 7.74. The monoisotopic (exact) mass is 239 g/mol. The zero-order valence-electron chi connectivity index (χ0n) is 12.1. The van der Waals surface area contributed by atoms with E-state index in [0.29, 0.717) is 0 Å². The number of hydrogen-bond acceptors (Lipinski definition) is 1. The van der Waals surface area contributed by atoms with Gasteiger partial charge < -0.3 is 5.32 Å². The van der Waals surface area contributed by atoms with E-state index in [0.717, 1.165) is 0 Å².